The fraction of sp³-hybridized carbons (Fsp3) is 0.583. The van der Waals surface area contributed by atoms with Crippen molar-refractivity contribution in [3.8, 4) is 5.95 Å². The third-order valence-corrected chi connectivity index (χ3v) is 3.74. The SMILES string of the molecule is CC1CCC(C)N(c2nc(NN)nc(-n3cncn3)n2)C1. The van der Waals surface area contributed by atoms with Crippen LogP contribution in [0.1, 0.15) is 26.7 Å². The van der Waals surface area contributed by atoms with Gasteiger partial charge in [-0.15, -0.1) is 0 Å². The van der Waals surface area contributed by atoms with Gasteiger partial charge in [0, 0.05) is 12.6 Å². The summed E-state index contributed by atoms with van der Waals surface area (Å²) in [5.41, 5.74) is 2.48. The smallest absolute Gasteiger partial charge is 0.258 e. The zero-order chi connectivity index (χ0) is 14.8. The minimum atomic E-state index is 0.316. The summed E-state index contributed by atoms with van der Waals surface area (Å²) >= 11 is 0. The van der Waals surface area contributed by atoms with E-state index in [9.17, 15) is 0 Å². The van der Waals surface area contributed by atoms with Crippen molar-refractivity contribution in [1.82, 2.24) is 29.7 Å². The van der Waals surface area contributed by atoms with Gasteiger partial charge in [0.1, 0.15) is 12.7 Å². The van der Waals surface area contributed by atoms with E-state index >= 15 is 0 Å². The lowest BCUT2D eigenvalue weighted by Gasteiger charge is -2.36. The summed E-state index contributed by atoms with van der Waals surface area (Å²) in [6, 6.07) is 0.387. The van der Waals surface area contributed by atoms with E-state index in [1.54, 1.807) is 6.33 Å². The maximum Gasteiger partial charge on any atom is 0.258 e. The molecule has 0 amide bonds. The van der Waals surface area contributed by atoms with Crippen LogP contribution in [0.4, 0.5) is 11.9 Å². The zero-order valence-corrected chi connectivity index (χ0v) is 12.1. The molecule has 9 heteroatoms. The lowest BCUT2D eigenvalue weighted by Crippen LogP contribution is -2.42. The number of rotatable bonds is 3. The molecule has 9 nitrogen and oxygen atoms in total. The van der Waals surface area contributed by atoms with Gasteiger partial charge >= 0.3 is 0 Å². The first-order chi connectivity index (χ1) is 10.2. The van der Waals surface area contributed by atoms with Gasteiger partial charge in [0.15, 0.2) is 0 Å². The number of nitrogens with zero attached hydrogens (tertiary/aromatic N) is 7. The minimum absolute atomic E-state index is 0.316. The number of hydrogen-bond donors (Lipinski definition) is 2. The molecule has 0 spiro atoms. The molecular formula is C12H19N9. The number of nitrogens with two attached hydrogens (primary N) is 1. The monoisotopic (exact) mass is 289 g/mol. The number of hydrogen-bond acceptors (Lipinski definition) is 8. The molecule has 0 radical (unpaired) electrons. The highest BCUT2D eigenvalue weighted by Gasteiger charge is 2.26. The predicted octanol–water partition coefficient (Wildman–Crippen LogP) is 0.363. The Morgan fingerprint density at radius 3 is 2.71 bits per heavy atom. The lowest BCUT2D eigenvalue weighted by molar-refractivity contribution is 0.385. The molecule has 2 aromatic rings. The van der Waals surface area contributed by atoms with E-state index in [1.807, 2.05) is 0 Å². The Hall–Kier alpha value is -2.29. The quantitative estimate of drug-likeness (QED) is 0.615. The predicted molar refractivity (Wildman–Crippen MR) is 77.8 cm³/mol. The number of nitrogen functional groups attached to an aromatic ring is 1. The fourth-order valence-electron chi connectivity index (χ4n) is 2.53. The molecule has 3 N–H and O–H groups in total. The molecule has 3 rings (SSSR count). The van der Waals surface area contributed by atoms with Crippen LogP contribution in [0.3, 0.4) is 0 Å². The molecule has 1 aliphatic rings. The molecule has 0 bridgehead atoms. The van der Waals surface area contributed by atoms with Gasteiger partial charge in [-0.05, 0) is 25.7 Å². The molecule has 1 fully saturated rings. The van der Waals surface area contributed by atoms with Gasteiger partial charge < -0.3 is 4.90 Å². The van der Waals surface area contributed by atoms with Gasteiger partial charge in [-0.25, -0.2) is 10.8 Å². The summed E-state index contributed by atoms with van der Waals surface area (Å²) in [6.07, 6.45) is 5.32. The number of anilines is 2. The van der Waals surface area contributed by atoms with Crippen LogP contribution in [0.25, 0.3) is 5.95 Å². The molecule has 0 saturated carbocycles. The minimum Gasteiger partial charge on any atom is -0.338 e. The second-order valence-electron chi connectivity index (χ2n) is 5.43. The molecule has 112 valence electrons. The van der Waals surface area contributed by atoms with Gasteiger partial charge in [-0.3, -0.25) is 5.43 Å². The average Bonchev–Trinajstić information content (AvgIpc) is 3.03. The number of hydrazine groups is 1. The van der Waals surface area contributed by atoms with Gasteiger partial charge in [-0.2, -0.15) is 24.7 Å². The largest absolute Gasteiger partial charge is 0.338 e. The van der Waals surface area contributed by atoms with Crippen molar-refractivity contribution in [3.05, 3.63) is 12.7 Å². The molecule has 2 aromatic heterocycles. The first-order valence-electron chi connectivity index (χ1n) is 7.01. The number of piperidine rings is 1. The Kier molecular flexibility index (Phi) is 3.65. The Balaban J connectivity index is 1.99. The maximum atomic E-state index is 5.47. The van der Waals surface area contributed by atoms with Crippen LogP contribution >= 0.6 is 0 Å². The second-order valence-corrected chi connectivity index (χ2v) is 5.43. The Morgan fingerprint density at radius 2 is 2.00 bits per heavy atom. The van der Waals surface area contributed by atoms with Crippen LogP contribution in [0.5, 0.6) is 0 Å². The lowest BCUT2D eigenvalue weighted by atomic mass is 9.95. The molecule has 2 atom stereocenters. The van der Waals surface area contributed by atoms with E-state index in [1.165, 1.54) is 17.4 Å². The van der Waals surface area contributed by atoms with Gasteiger partial charge in [0.2, 0.25) is 11.9 Å². The van der Waals surface area contributed by atoms with Crippen molar-refractivity contribution in [3.63, 3.8) is 0 Å². The van der Waals surface area contributed by atoms with E-state index in [0.717, 1.165) is 13.0 Å². The third-order valence-electron chi connectivity index (χ3n) is 3.74. The van der Waals surface area contributed by atoms with E-state index in [4.69, 9.17) is 5.84 Å². The summed E-state index contributed by atoms with van der Waals surface area (Å²) in [6.45, 7) is 5.34. The van der Waals surface area contributed by atoms with Crippen molar-refractivity contribution < 1.29 is 0 Å². The average molecular weight is 289 g/mol. The Bertz CT molecular complexity index is 597. The summed E-state index contributed by atoms with van der Waals surface area (Å²) in [5, 5.41) is 4.05. The van der Waals surface area contributed by atoms with Crippen molar-refractivity contribution in [2.24, 2.45) is 11.8 Å². The van der Waals surface area contributed by atoms with Crippen LogP contribution in [0, 0.1) is 5.92 Å². The van der Waals surface area contributed by atoms with Crippen LogP contribution in [0.15, 0.2) is 12.7 Å². The highest BCUT2D eigenvalue weighted by molar-refractivity contribution is 5.40. The number of aromatic nitrogens is 6. The summed E-state index contributed by atoms with van der Waals surface area (Å²) < 4.78 is 1.49. The van der Waals surface area contributed by atoms with E-state index in [2.05, 4.69) is 49.2 Å². The highest BCUT2D eigenvalue weighted by Crippen LogP contribution is 2.25. The van der Waals surface area contributed by atoms with E-state index in [-0.39, 0.29) is 0 Å². The maximum absolute atomic E-state index is 5.47. The second kappa shape index (κ2) is 5.60. The molecule has 3 heterocycles. The molecule has 0 aliphatic carbocycles. The van der Waals surface area contributed by atoms with E-state index < -0.39 is 0 Å². The van der Waals surface area contributed by atoms with Gasteiger partial charge in [0.25, 0.3) is 5.95 Å². The third kappa shape index (κ3) is 2.77. The normalized spacial score (nSPS) is 22.3. The van der Waals surface area contributed by atoms with Crippen LogP contribution < -0.4 is 16.2 Å². The molecular weight excluding hydrogens is 270 g/mol. The van der Waals surface area contributed by atoms with Gasteiger partial charge in [-0.1, -0.05) is 6.92 Å². The Morgan fingerprint density at radius 1 is 1.19 bits per heavy atom. The zero-order valence-electron chi connectivity index (χ0n) is 12.1. The summed E-state index contributed by atoms with van der Waals surface area (Å²) in [4.78, 5) is 19.2. The van der Waals surface area contributed by atoms with E-state index in [0.29, 0.717) is 29.8 Å². The topological polar surface area (TPSA) is 111 Å². The molecule has 0 aromatic carbocycles. The highest BCUT2D eigenvalue weighted by atomic mass is 15.4. The van der Waals surface area contributed by atoms with Crippen LogP contribution in [0.2, 0.25) is 0 Å². The van der Waals surface area contributed by atoms with Crippen molar-refractivity contribution >= 4 is 11.9 Å². The van der Waals surface area contributed by atoms with Gasteiger partial charge in [0.05, 0.1) is 0 Å². The van der Waals surface area contributed by atoms with Crippen molar-refractivity contribution in [1.29, 1.82) is 0 Å². The first kappa shape index (κ1) is 13.7. The molecule has 1 saturated heterocycles. The molecule has 1 aliphatic heterocycles. The Labute approximate surface area is 122 Å². The molecule has 2 unspecified atom stereocenters. The molecule has 21 heavy (non-hydrogen) atoms. The first-order valence-corrected chi connectivity index (χ1v) is 7.01. The summed E-state index contributed by atoms with van der Waals surface area (Å²) in [5.74, 6) is 7.41. The van der Waals surface area contributed by atoms with Crippen molar-refractivity contribution in [2.75, 3.05) is 16.9 Å². The standard InChI is InChI=1S/C12H19N9/c1-8-3-4-9(2)20(5-8)11-16-10(19-13)17-12(18-11)21-7-14-6-15-21/h6-9H,3-5,13H2,1-2H3,(H,16,17,18,19). The number of nitrogens with one attached hydrogen (secondary N) is 1. The van der Waals surface area contributed by atoms with Crippen LogP contribution in [-0.2, 0) is 0 Å². The fourth-order valence-corrected chi connectivity index (χ4v) is 2.53. The van der Waals surface area contributed by atoms with Crippen molar-refractivity contribution in [2.45, 2.75) is 32.7 Å². The van der Waals surface area contributed by atoms with Crippen LogP contribution in [-0.4, -0.2) is 42.3 Å². The summed E-state index contributed by atoms with van der Waals surface area (Å²) in [7, 11) is 0.